The number of nitrogens with two attached hydrogens (primary N) is 2. The molecule has 4 heteroatoms. The van der Waals surface area contributed by atoms with Crippen LogP contribution < -0.4 is 11.5 Å². The summed E-state index contributed by atoms with van der Waals surface area (Å²) < 4.78 is 0. The molecule has 1 atom stereocenters. The van der Waals surface area contributed by atoms with Crippen LogP contribution in [0.2, 0.25) is 0 Å². The normalized spacial score (nSPS) is 12.1. The predicted molar refractivity (Wildman–Crippen MR) is 52.7 cm³/mol. The zero-order chi connectivity index (χ0) is 10.7. The smallest absolute Gasteiger partial charge is 0.242 e. The Morgan fingerprint density at radius 3 is 2.14 bits per heavy atom. The lowest BCUT2D eigenvalue weighted by atomic mass is 10.0. The molecule has 0 saturated carbocycles. The van der Waals surface area contributed by atoms with Gasteiger partial charge in [0.15, 0.2) is 5.78 Å². The first-order chi connectivity index (χ1) is 6.52. The van der Waals surface area contributed by atoms with Gasteiger partial charge in [-0.25, -0.2) is 0 Å². The molecule has 1 aromatic rings. The molecular formula is C10H12N2O2. The Labute approximate surface area is 81.9 Å². The van der Waals surface area contributed by atoms with Crippen molar-refractivity contribution in [1.82, 2.24) is 0 Å². The Hall–Kier alpha value is -1.68. The molecule has 0 fully saturated rings. The van der Waals surface area contributed by atoms with E-state index >= 15 is 0 Å². The lowest BCUT2D eigenvalue weighted by Crippen LogP contribution is -2.43. The maximum absolute atomic E-state index is 11.5. The molecule has 74 valence electrons. The van der Waals surface area contributed by atoms with Crippen molar-refractivity contribution in [3.05, 3.63) is 35.4 Å². The standard InChI is InChI=1S/C10H12N2O2/c1-6-2-4-7(5-3-6)9(13)8(11)10(12)14/h2-5,8H,11H2,1H3,(H2,12,14). The molecule has 0 aromatic heterocycles. The first-order valence-corrected chi connectivity index (χ1v) is 4.18. The molecule has 0 aliphatic heterocycles. The molecule has 4 nitrogen and oxygen atoms in total. The van der Waals surface area contributed by atoms with Crippen molar-refractivity contribution in [3.8, 4) is 0 Å². The number of amides is 1. The van der Waals surface area contributed by atoms with Crippen molar-refractivity contribution in [2.24, 2.45) is 11.5 Å². The van der Waals surface area contributed by atoms with E-state index in [-0.39, 0.29) is 0 Å². The Balaban J connectivity index is 2.90. The third kappa shape index (κ3) is 2.17. The largest absolute Gasteiger partial charge is 0.368 e. The van der Waals surface area contributed by atoms with Crippen LogP contribution in [0.3, 0.4) is 0 Å². The summed E-state index contributed by atoms with van der Waals surface area (Å²) in [7, 11) is 0. The molecule has 1 unspecified atom stereocenters. The Kier molecular flexibility index (Phi) is 2.99. The number of aryl methyl sites for hydroxylation is 1. The molecule has 1 amide bonds. The zero-order valence-corrected chi connectivity index (χ0v) is 7.86. The number of Topliss-reactive ketones (excluding diaryl/α,β-unsaturated/α-hetero) is 1. The van der Waals surface area contributed by atoms with Crippen molar-refractivity contribution in [1.29, 1.82) is 0 Å². The highest BCUT2D eigenvalue weighted by atomic mass is 16.2. The lowest BCUT2D eigenvalue weighted by molar-refractivity contribution is -0.118. The van der Waals surface area contributed by atoms with Gasteiger partial charge in [0.1, 0.15) is 6.04 Å². The summed E-state index contributed by atoms with van der Waals surface area (Å²) in [5.41, 5.74) is 11.7. The van der Waals surface area contributed by atoms with Crippen molar-refractivity contribution in [3.63, 3.8) is 0 Å². The van der Waals surface area contributed by atoms with Crippen LogP contribution in [0.25, 0.3) is 0 Å². The van der Waals surface area contributed by atoms with Gasteiger partial charge in [0, 0.05) is 5.56 Å². The maximum Gasteiger partial charge on any atom is 0.242 e. The number of hydrogen-bond donors (Lipinski definition) is 2. The molecule has 0 aliphatic rings. The molecule has 0 spiro atoms. The average Bonchev–Trinajstić information content (AvgIpc) is 2.16. The first-order valence-electron chi connectivity index (χ1n) is 4.18. The van der Waals surface area contributed by atoms with Gasteiger partial charge in [0.2, 0.25) is 5.91 Å². The number of carbonyl (C=O) groups is 2. The maximum atomic E-state index is 11.5. The Morgan fingerprint density at radius 2 is 1.71 bits per heavy atom. The number of hydrogen-bond acceptors (Lipinski definition) is 3. The molecule has 1 aromatic carbocycles. The molecule has 0 radical (unpaired) electrons. The summed E-state index contributed by atoms with van der Waals surface area (Å²) >= 11 is 0. The van der Waals surface area contributed by atoms with Gasteiger partial charge in [-0.05, 0) is 6.92 Å². The summed E-state index contributed by atoms with van der Waals surface area (Å²) in [4.78, 5) is 22.1. The highest BCUT2D eigenvalue weighted by Crippen LogP contribution is 2.05. The van der Waals surface area contributed by atoms with Crippen LogP contribution in [0.1, 0.15) is 15.9 Å². The molecule has 1 rings (SSSR count). The Morgan fingerprint density at radius 1 is 1.21 bits per heavy atom. The first kappa shape index (κ1) is 10.4. The van der Waals surface area contributed by atoms with Gasteiger partial charge >= 0.3 is 0 Å². The van der Waals surface area contributed by atoms with Crippen LogP contribution in [0.15, 0.2) is 24.3 Å². The van der Waals surface area contributed by atoms with E-state index in [0.717, 1.165) is 5.56 Å². The van der Waals surface area contributed by atoms with E-state index in [1.54, 1.807) is 24.3 Å². The highest BCUT2D eigenvalue weighted by Gasteiger charge is 2.20. The number of rotatable bonds is 3. The molecule has 0 saturated heterocycles. The molecule has 4 N–H and O–H groups in total. The van der Waals surface area contributed by atoms with Crippen molar-refractivity contribution >= 4 is 11.7 Å². The van der Waals surface area contributed by atoms with E-state index in [0.29, 0.717) is 5.56 Å². The topological polar surface area (TPSA) is 86.2 Å². The van der Waals surface area contributed by atoms with Gasteiger partial charge in [-0.2, -0.15) is 0 Å². The van der Waals surface area contributed by atoms with E-state index in [4.69, 9.17) is 11.5 Å². The molecule has 14 heavy (non-hydrogen) atoms. The van der Waals surface area contributed by atoms with Crippen LogP contribution in [0, 0.1) is 6.92 Å². The minimum absolute atomic E-state index is 0.405. The third-order valence-electron chi connectivity index (χ3n) is 1.93. The van der Waals surface area contributed by atoms with E-state index in [9.17, 15) is 9.59 Å². The lowest BCUT2D eigenvalue weighted by Gasteiger charge is -2.06. The number of ketones is 1. The summed E-state index contributed by atoms with van der Waals surface area (Å²) in [6.07, 6.45) is 0. The fourth-order valence-corrected chi connectivity index (χ4v) is 1.03. The monoisotopic (exact) mass is 192 g/mol. The highest BCUT2D eigenvalue weighted by molar-refractivity contribution is 6.12. The second-order valence-corrected chi connectivity index (χ2v) is 3.11. The second-order valence-electron chi connectivity index (χ2n) is 3.11. The van der Waals surface area contributed by atoms with Gasteiger partial charge in [0.25, 0.3) is 0 Å². The van der Waals surface area contributed by atoms with Gasteiger partial charge in [-0.3, -0.25) is 9.59 Å². The number of benzene rings is 1. The van der Waals surface area contributed by atoms with Gasteiger partial charge in [-0.1, -0.05) is 29.8 Å². The van der Waals surface area contributed by atoms with Crippen LogP contribution in [0.4, 0.5) is 0 Å². The van der Waals surface area contributed by atoms with E-state index in [1.165, 1.54) is 0 Å². The summed E-state index contributed by atoms with van der Waals surface area (Å²) in [5, 5.41) is 0. The molecule has 0 aliphatic carbocycles. The van der Waals surface area contributed by atoms with Crippen LogP contribution in [-0.2, 0) is 4.79 Å². The number of primary amides is 1. The van der Waals surface area contributed by atoms with Gasteiger partial charge in [-0.15, -0.1) is 0 Å². The zero-order valence-electron chi connectivity index (χ0n) is 7.86. The van der Waals surface area contributed by atoms with Gasteiger partial charge in [0.05, 0.1) is 0 Å². The van der Waals surface area contributed by atoms with Crippen LogP contribution >= 0.6 is 0 Å². The molecule has 0 heterocycles. The van der Waals surface area contributed by atoms with Crippen molar-refractivity contribution in [2.45, 2.75) is 13.0 Å². The quantitative estimate of drug-likeness (QED) is 0.521. The predicted octanol–water partition coefficient (Wildman–Crippen LogP) is -0.00968. The summed E-state index contributed by atoms with van der Waals surface area (Å²) in [5.74, 6) is -1.26. The summed E-state index contributed by atoms with van der Waals surface area (Å²) in [6.45, 7) is 1.91. The number of carbonyl (C=O) groups excluding carboxylic acids is 2. The van der Waals surface area contributed by atoms with Crippen LogP contribution in [0.5, 0.6) is 0 Å². The fraction of sp³-hybridized carbons (Fsp3) is 0.200. The summed E-state index contributed by atoms with van der Waals surface area (Å²) in [6, 6.07) is 5.56. The fourth-order valence-electron chi connectivity index (χ4n) is 1.03. The van der Waals surface area contributed by atoms with E-state index in [2.05, 4.69) is 0 Å². The van der Waals surface area contributed by atoms with E-state index < -0.39 is 17.7 Å². The second kappa shape index (κ2) is 4.02. The minimum Gasteiger partial charge on any atom is -0.368 e. The SMILES string of the molecule is Cc1ccc(C(=O)C(N)C(N)=O)cc1. The molecular weight excluding hydrogens is 180 g/mol. The third-order valence-corrected chi connectivity index (χ3v) is 1.93. The minimum atomic E-state index is -1.25. The molecule has 0 bridgehead atoms. The van der Waals surface area contributed by atoms with Crippen LogP contribution in [-0.4, -0.2) is 17.7 Å². The van der Waals surface area contributed by atoms with Gasteiger partial charge < -0.3 is 11.5 Å². The Bertz CT molecular complexity index is 357. The van der Waals surface area contributed by atoms with E-state index in [1.807, 2.05) is 6.92 Å². The van der Waals surface area contributed by atoms with Crippen molar-refractivity contribution < 1.29 is 9.59 Å². The van der Waals surface area contributed by atoms with Crippen molar-refractivity contribution in [2.75, 3.05) is 0 Å². The average molecular weight is 192 g/mol.